The Morgan fingerprint density at radius 3 is 2.62 bits per heavy atom. The number of pyridine rings is 1. The lowest BCUT2D eigenvalue weighted by atomic mass is 9.98. The van der Waals surface area contributed by atoms with E-state index in [1.54, 1.807) is 0 Å². The zero-order valence-corrected chi connectivity index (χ0v) is 11.0. The number of aromatic nitrogens is 1. The molecule has 0 aromatic carbocycles. The predicted molar refractivity (Wildman–Crippen MR) is 69.7 cm³/mol. The van der Waals surface area contributed by atoms with Crippen LogP contribution in [0.2, 0.25) is 0 Å². The summed E-state index contributed by atoms with van der Waals surface area (Å²) in [6.07, 6.45) is 5.07. The zero-order valence-electron chi connectivity index (χ0n) is 11.0. The Balaban J connectivity index is 2.32. The van der Waals surface area contributed by atoms with Crippen molar-refractivity contribution in [2.24, 2.45) is 5.92 Å². The lowest BCUT2D eigenvalue weighted by Gasteiger charge is -2.13. The van der Waals surface area contributed by atoms with Gasteiger partial charge in [0.15, 0.2) is 0 Å². The highest BCUT2D eigenvalue weighted by Crippen LogP contribution is 2.18. The molecule has 0 fully saturated rings. The minimum absolute atomic E-state index is 0.590. The normalized spacial score (nSPS) is 13.1. The number of rotatable bonds is 6. The standard InChI is InChI=1S/C14H24N2/c1-11(2)8-15-6-5-13(4)14-7-12(3)9-16-10-14/h7,9-11,13,15H,5-6,8H2,1-4H3. The third-order valence-electron chi connectivity index (χ3n) is 2.77. The van der Waals surface area contributed by atoms with E-state index in [-0.39, 0.29) is 0 Å². The van der Waals surface area contributed by atoms with Gasteiger partial charge in [0.25, 0.3) is 0 Å². The molecule has 0 amide bonds. The predicted octanol–water partition coefficient (Wildman–Crippen LogP) is 3.13. The average molecular weight is 220 g/mol. The van der Waals surface area contributed by atoms with Crippen molar-refractivity contribution in [3.8, 4) is 0 Å². The number of aryl methyl sites for hydroxylation is 1. The van der Waals surface area contributed by atoms with Gasteiger partial charge in [-0.1, -0.05) is 26.8 Å². The number of nitrogens with one attached hydrogen (secondary N) is 1. The van der Waals surface area contributed by atoms with Gasteiger partial charge in [-0.2, -0.15) is 0 Å². The van der Waals surface area contributed by atoms with Crippen molar-refractivity contribution < 1.29 is 0 Å². The molecule has 1 aromatic rings. The highest BCUT2D eigenvalue weighted by atomic mass is 14.8. The Morgan fingerprint density at radius 2 is 2.00 bits per heavy atom. The van der Waals surface area contributed by atoms with Gasteiger partial charge in [0.05, 0.1) is 0 Å². The molecule has 1 aromatic heterocycles. The molecule has 0 saturated heterocycles. The average Bonchev–Trinajstić information content (AvgIpc) is 2.24. The van der Waals surface area contributed by atoms with Crippen LogP contribution >= 0.6 is 0 Å². The highest BCUT2D eigenvalue weighted by molar-refractivity contribution is 5.19. The van der Waals surface area contributed by atoms with E-state index in [2.05, 4.69) is 44.1 Å². The van der Waals surface area contributed by atoms with Gasteiger partial charge in [-0.15, -0.1) is 0 Å². The van der Waals surface area contributed by atoms with Crippen LogP contribution in [-0.2, 0) is 0 Å². The van der Waals surface area contributed by atoms with Crippen molar-refractivity contribution in [2.75, 3.05) is 13.1 Å². The number of nitrogens with zero attached hydrogens (tertiary/aromatic N) is 1. The SMILES string of the molecule is Cc1cncc(C(C)CCNCC(C)C)c1. The minimum atomic E-state index is 0.590. The van der Waals surface area contributed by atoms with Crippen molar-refractivity contribution >= 4 is 0 Å². The molecule has 1 unspecified atom stereocenters. The van der Waals surface area contributed by atoms with E-state index in [9.17, 15) is 0 Å². The quantitative estimate of drug-likeness (QED) is 0.745. The second kappa shape index (κ2) is 6.64. The Kier molecular flexibility index (Phi) is 5.47. The maximum Gasteiger partial charge on any atom is 0.0302 e. The van der Waals surface area contributed by atoms with Crippen molar-refractivity contribution in [3.05, 3.63) is 29.6 Å². The number of hydrogen-bond donors (Lipinski definition) is 1. The van der Waals surface area contributed by atoms with Gasteiger partial charge in [-0.3, -0.25) is 4.98 Å². The molecule has 0 radical (unpaired) electrons. The van der Waals surface area contributed by atoms with Crippen molar-refractivity contribution in [3.63, 3.8) is 0 Å². The summed E-state index contributed by atoms with van der Waals surface area (Å²) in [5.41, 5.74) is 2.60. The molecule has 0 spiro atoms. The zero-order chi connectivity index (χ0) is 12.0. The fourth-order valence-corrected chi connectivity index (χ4v) is 1.72. The van der Waals surface area contributed by atoms with Crippen LogP contribution in [0, 0.1) is 12.8 Å². The monoisotopic (exact) mass is 220 g/mol. The molecule has 2 heteroatoms. The van der Waals surface area contributed by atoms with Crippen molar-refractivity contribution in [2.45, 2.75) is 40.0 Å². The molecule has 0 aliphatic rings. The maximum atomic E-state index is 4.24. The lowest BCUT2D eigenvalue weighted by molar-refractivity contribution is 0.524. The molecule has 1 N–H and O–H groups in total. The smallest absolute Gasteiger partial charge is 0.0302 e. The fourth-order valence-electron chi connectivity index (χ4n) is 1.72. The van der Waals surface area contributed by atoms with Crippen molar-refractivity contribution in [1.29, 1.82) is 0 Å². The van der Waals surface area contributed by atoms with Crippen LogP contribution in [0.4, 0.5) is 0 Å². The van der Waals surface area contributed by atoms with E-state index in [4.69, 9.17) is 0 Å². The van der Waals surface area contributed by atoms with Gasteiger partial charge in [-0.05, 0) is 49.4 Å². The third-order valence-corrected chi connectivity index (χ3v) is 2.77. The van der Waals surface area contributed by atoms with Crippen LogP contribution in [0.5, 0.6) is 0 Å². The summed E-state index contributed by atoms with van der Waals surface area (Å²) in [4.78, 5) is 4.24. The summed E-state index contributed by atoms with van der Waals surface area (Å²) in [5, 5.41) is 3.48. The van der Waals surface area contributed by atoms with E-state index in [1.807, 2.05) is 12.4 Å². The van der Waals surface area contributed by atoms with E-state index < -0.39 is 0 Å². The Morgan fingerprint density at radius 1 is 1.25 bits per heavy atom. The second-order valence-electron chi connectivity index (χ2n) is 5.08. The molecular weight excluding hydrogens is 196 g/mol. The van der Waals surface area contributed by atoms with Crippen LogP contribution in [0.1, 0.15) is 44.2 Å². The number of hydrogen-bond acceptors (Lipinski definition) is 2. The highest BCUT2D eigenvalue weighted by Gasteiger charge is 2.05. The van der Waals surface area contributed by atoms with Crippen LogP contribution in [0.25, 0.3) is 0 Å². The summed E-state index contributed by atoms with van der Waals surface area (Å²) < 4.78 is 0. The van der Waals surface area contributed by atoms with E-state index in [0.717, 1.165) is 19.0 Å². The topological polar surface area (TPSA) is 24.9 Å². The van der Waals surface area contributed by atoms with Crippen LogP contribution < -0.4 is 5.32 Å². The largest absolute Gasteiger partial charge is 0.316 e. The van der Waals surface area contributed by atoms with Gasteiger partial charge in [0.1, 0.15) is 0 Å². The molecule has 1 atom stereocenters. The Labute approximate surface area is 99.5 Å². The molecule has 1 heterocycles. The Hall–Kier alpha value is -0.890. The van der Waals surface area contributed by atoms with E-state index >= 15 is 0 Å². The Bertz CT molecular complexity index is 307. The molecule has 1 rings (SSSR count). The maximum absolute atomic E-state index is 4.24. The van der Waals surface area contributed by atoms with Crippen LogP contribution in [0.3, 0.4) is 0 Å². The minimum Gasteiger partial charge on any atom is -0.316 e. The van der Waals surface area contributed by atoms with Crippen LogP contribution in [-0.4, -0.2) is 18.1 Å². The van der Waals surface area contributed by atoms with Gasteiger partial charge in [0.2, 0.25) is 0 Å². The van der Waals surface area contributed by atoms with E-state index in [1.165, 1.54) is 17.5 Å². The van der Waals surface area contributed by atoms with Crippen LogP contribution in [0.15, 0.2) is 18.5 Å². The van der Waals surface area contributed by atoms with Gasteiger partial charge < -0.3 is 5.32 Å². The molecule has 0 aliphatic carbocycles. The summed E-state index contributed by atoms with van der Waals surface area (Å²) in [7, 11) is 0. The first-order chi connectivity index (χ1) is 7.59. The van der Waals surface area contributed by atoms with Crippen molar-refractivity contribution in [1.82, 2.24) is 10.3 Å². The first-order valence-corrected chi connectivity index (χ1v) is 6.22. The fraction of sp³-hybridized carbons (Fsp3) is 0.643. The third kappa shape index (κ3) is 4.75. The summed E-state index contributed by atoms with van der Waals surface area (Å²) in [6, 6.07) is 2.24. The molecule has 2 nitrogen and oxygen atoms in total. The molecule has 0 aliphatic heterocycles. The first kappa shape index (κ1) is 13.2. The first-order valence-electron chi connectivity index (χ1n) is 6.22. The van der Waals surface area contributed by atoms with Gasteiger partial charge >= 0.3 is 0 Å². The molecule has 0 saturated carbocycles. The van der Waals surface area contributed by atoms with E-state index in [0.29, 0.717) is 5.92 Å². The summed E-state index contributed by atoms with van der Waals surface area (Å²) in [5.74, 6) is 1.32. The van der Waals surface area contributed by atoms with Gasteiger partial charge in [0, 0.05) is 12.4 Å². The molecule has 16 heavy (non-hydrogen) atoms. The molecular formula is C14H24N2. The molecule has 90 valence electrons. The lowest BCUT2D eigenvalue weighted by Crippen LogP contribution is -2.21. The molecule has 0 bridgehead atoms. The summed E-state index contributed by atoms with van der Waals surface area (Å²) in [6.45, 7) is 11.0. The summed E-state index contributed by atoms with van der Waals surface area (Å²) >= 11 is 0. The second-order valence-corrected chi connectivity index (χ2v) is 5.08. The van der Waals surface area contributed by atoms with Gasteiger partial charge in [-0.25, -0.2) is 0 Å².